The predicted molar refractivity (Wildman–Crippen MR) is 137 cm³/mol. The highest BCUT2D eigenvalue weighted by atomic mass is 35.5. The normalized spacial score (nSPS) is 19.4. The Morgan fingerprint density at radius 3 is 2.46 bits per heavy atom. The highest BCUT2D eigenvalue weighted by Crippen LogP contribution is 2.38. The Labute approximate surface area is 215 Å². The molecule has 0 radical (unpaired) electrons. The first-order valence-electron chi connectivity index (χ1n) is 11.6. The summed E-state index contributed by atoms with van der Waals surface area (Å²) in [6, 6.07) is 20.3. The molecule has 3 aromatic rings. The predicted octanol–water partition coefficient (Wildman–Crippen LogP) is 7.43. The highest BCUT2D eigenvalue weighted by Gasteiger charge is 2.35. The average Bonchev–Trinajstić information content (AvgIpc) is 2.83. The Morgan fingerprint density at radius 1 is 1.11 bits per heavy atom. The van der Waals surface area contributed by atoms with E-state index in [0.717, 1.165) is 36.1 Å². The Hall–Kier alpha value is -2.44. The van der Waals surface area contributed by atoms with Crippen molar-refractivity contribution < 1.29 is 19.0 Å². The van der Waals surface area contributed by atoms with Gasteiger partial charge in [0.05, 0.1) is 17.7 Å². The van der Waals surface area contributed by atoms with Gasteiger partial charge in [-0.15, -0.1) is 0 Å². The number of nitrogens with zero attached hydrogens (tertiary/aromatic N) is 1. The van der Waals surface area contributed by atoms with Crippen molar-refractivity contribution in [3.05, 3.63) is 105 Å². The lowest BCUT2D eigenvalue weighted by Crippen LogP contribution is -2.43. The van der Waals surface area contributed by atoms with Gasteiger partial charge in [-0.1, -0.05) is 59.6 Å². The zero-order chi connectivity index (χ0) is 24.9. The van der Waals surface area contributed by atoms with E-state index >= 15 is 0 Å². The molecule has 1 N–H and O–H groups in total. The van der Waals surface area contributed by atoms with Crippen LogP contribution in [0.25, 0.3) is 0 Å². The number of carboxylic acid groups (broad SMARTS) is 1. The number of hydrogen-bond acceptors (Lipinski definition) is 3. The van der Waals surface area contributed by atoms with Gasteiger partial charge in [0.2, 0.25) is 0 Å². The first-order chi connectivity index (χ1) is 16.9. The van der Waals surface area contributed by atoms with E-state index < -0.39 is 18.7 Å². The summed E-state index contributed by atoms with van der Waals surface area (Å²) in [5, 5.41) is 10.2. The smallest absolute Gasteiger partial charge is 0.335 e. The molecule has 0 saturated carbocycles. The maximum atomic E-state index is 14.2. The number of carboxylic acids is 1. The Balaban J connectivity index is 1.63. The van der Waals surface area contributed by atoms with Gasteiger partial charge in [-0.2, -0.15) is 0 Å². The van der Waals surface area contributed by atoms with Crippen LogP contribution in [0.2, 0.25) is 10.0 Å². The molecule has 184 valence electrons. The van der Waals surface area contributed by atoms with Crippen molar-refractivity contribution in [2.24, 2.45) is 0 Å². The Bertz CT molecular complexity index is 1150. The van der Waals surface area contributed by atoms with Crippen LogP contribution in [-0.2, 0) is 11.3 Å². The van der Waals surface area contributed by atoms with Crippen LogP contribution in [0, 0.1) is 6.92 Å². The molecule has 1 fully saturated rings. The van der Waals surface area contributed by atoms with E-state index in [0.29, 0.717) is 22.2 Å². The van der Waals surface area contributed by atoms with Gasteiger partial charge in [-0.05, 0) is 78.9 Å². The second-order valence-electron chi connectivity index (χ2n) is 8.93. The zero-order valence-corrected chi connectivity index (χ0v) is 21.0. The monoisotopic (exact) mass is 515 g/mol. The fourth-order valence-corrected chi connectivity index (χ4v) is 5.37. The van der Waals surface area contributed by atoms with Crippen molar-refractivity contribution in [2.75, 3.05) is 13.2 Å². The van der Waals surface area contributed by atoms with Gasteiger partial charge in [0.15, 0.2) is 0 Å². The number of likely N-dealkylation sites (tertiary alicyclic amines) is 1. The molecule has 0 spiro atoms. The average molecular weight is 516 g/mol. The van der Waals surface area contributed by atoms with Crippen molar-refractivity contribution in [1.29, 1.82) is 0 Å². The van der Waals surface area contributed by atoms with Crippen LogP contribution < -0.4 is 0 Å². The lowest BCUT2D eigenvalue weighted by atomic mass is 9.91. The SMILES string of the molecule is Cc1cc(C(=O)O)ccc1CN1CCC[C@H](O[C@H](CF)c2cc(Cl)cc(Cl)c2)[C@@H]1c1ccccc1. The molecule has 0 aromatic heterocycles. The maximum Gasteiger partial charge on any atom is 0.335 e. The van der Waals surface area contributed by atoms with Gasteiger partial charge in [0.1, 0.15) is 12.8 Å². The number of alkyl halides is 1. The van der Waals surface area contributed by atoms with Crippen LogP contribution in [0.1, 0.15) is 57.6 Å². The number of benzene rings is 3. The summed E-state index contributed by atoms with van der Waals surface area (Å²) in [6.45, 7) is 2.72. The number of hydrogen-bond donors (Lipinski definition) is 1. The van der Waals surface area contributed by atoms with Crippen molar-refractivity contribution in [3.8, 4) is 0 Å². The van der Waals surface area contributed by atoms with Gasteiger partial charge >= 0.3 is 5.97 Å². The molecular weight excluding hydrogens is 488 g/mol. The fourth-order valence-electron chi connectivity index (χ4n) is 4.82. The molecule has 3 atom stereocenters. The molecule has 0 bridgehead atoms. The molecule has 3 aromatic carbocycles. The molecular formula is C28H28Cl2FNO3. The minimum absolute atomic E-state index is 0.0905. The first-order valence-corrected chi connectivity index (χ1v) is 12.4. The van der Waals surface area contributed by atoms with E-state index in [4.69, 9.17) is 27.9 Å². The first kappa shape index (κ1) is 25.6. The standard InChI is InChI=1S/C28H28Cl2FNO3/c1-18-12-20(28(33)34)9-10-21(18)17-32-11-5-8-25(27(32)19-6-3-2-4-7-19)35-26(16-31)22-13-23(29)15-24(30)14-22/h2-4,6-7,9-10,12-15,25-27H,5,8,11,16-17H2,1H3,(H,33,34)/t25-,26+,27-/m0/s1. The van der Waals surface area contributed by atoms with Crippen molar-refractivity contribution in [3.63, 3.8) is 0 Å². The number of rotatable bonds is 8. The fraction of sp³-hybridized carbons (Fsp3) is 0.321. The molecule has 4 nitrogen and oxygen atoms in total. The largest absolute Gasteiger partial charge is 0.478 e. The molecule has 35 heavy (non-hydrogen) atoms. The number of piperidine rings is 1. The zero-order valence-electron chi connectivity index (χ0n) is 19.5. The lowest BCUT2D eigenvalue weighted by Gasteiger charge is -2.42. The van der Waals surface area contributed by atoms with Gasteiger partial charge < -0.3 is 9.84 Å². The minimum Gasteiger partial charge on any atom is -0.478 e. The van der Waals surface area contributed by atoms with E-state index in [2.05, 4.69) is 17.0 Å². The second kappa shape index (κ2) is 11.5. The molecule has 1 aliphatic rings. The number of aryl methyl sites for hydroxylation is 1. The minimum atomic E-state index is -0.938. The van der Waals surface area contributed by atoms with Gasteiger partial charge in [-0.25, -0.2) is 9.18 Å². The number of halogens is 3. The van der Waals surface area contributed by atoms with Crippen LogP contribution in [0.15, 0.2) is 66.7 Å². The van der Waals surface area contributed by atoms with E-state index in [9.17, 15) is 14.3 Å². The summed E-state index contributed by atoms with van der Waals surface area (Å²) < 4.78 is 20.7. The number of carbonyl (C=O) groups is 1. The molecule has 0 amide bonds. The Morgan fingerprint density at radius 2 is 1.83 bits per heavy atom. The molecule has 1 saturated heterocycles. The van der Waals surface area contributed by atoms with Crippen LogP contribution in [0.4, 0.5) is 4.39 Å². The van der Waals surface area contributed by atoms with E-state index in [1.165, 1.54) is 0 Å². The van der Waals surface area contributed by atoms with Crippen molar-refractivity contribution >= 4 is 29.2 Å². The van der Waals surface area contributed by atoms with E-state index in [1.807, 2.05) is 31.2 Å². The third kappa shape index (κ3) is 6.22. The molecule has 4 rings (SSSR count). The molecule has 7 heteroatoms. The third-order valence-corrected chi connectivity index (χ3v) is 6.96. The molecule has 1 heterocycles. The van der Waals surface area contributed by atoms with Gasteiger partial charge in [0.25, 0.3) is 0 Å². The number of aromatic carboxylic acids is 1. The van der Waals surface area contributed by atoms with Crippen molar-refractivity contribution in [2.45, 2.75) is 44.6 Å². The summed E-state index contributed by atoms with van der Waals surface area (Å²) in [4.78, 5) is 13.7. The lowest BCUT2D eigenvalue weighted by molar-refractivity contribution is -0.0922. The topological polar surface area (TPSA) is 49.8 Å². The quantitative estimate of drug-likeness (QED) is 0.338. The summed E-state index contributed by atoms with van der Waals surface area (Å²) in [5.41, 5.74) is 3.97. The molecule has 0 aliphatic carbocycles. The van der Waals surface area contributed by atoms with Crippen molar-refractivity contribution in [1.82, 2.24) is 4.90 Å². The van der Waals surface area contributed by atoms with Crippen LogP contribution in [-0.4, -0.2) is 35.3 Å². The summed E-state index contributed by atoms with van der Waals surface area (Å²) in [7, 11) is 0. The summed E-state index contributed by atoms with van der Waals surface area (Å²) in [6.07, 6.45) is 0.662. The van der Waals surface area contributed by atoms with E-state index in [-0.39, 0.29) is 17.7 Å². The van der Waals surface area contributed by atoms with E-state index in [1.54, 1.807) is 30.3 Å². The van der Waals surface area contributed by atoms with Crippen LogP contribution in [0.3, 0.4) is 0 Å². The summed E-state index contributed by atoms with van der Waals surface area (Å²) >= 11 is 12.3. The molecule has 1 aliphatic heterocycles. The van der Waals surface area contributed by atoms with Gasteiger partial charge in [0, 0.05) is 16.6 Å². The Kier molecular flexibility index (Phi) is 8.45. The second-order valence-corrected chi connectivity index (χ2v) is 9.81. The third-order valence-electron chi connectivity index (χ3n) is 6.52. The molecule has 0 unspecified atom stereocenters. The maximum absolute atomic E-state index is 14.2. The van der Waals surface area contributed by atoms with Gasteiger partial charge in [-0.3, -0.25) is 4.90 Å². The van der Waals surface area contributed by atoms with Crippen LogP contribution >= 0.6 is 23.2 Å². The summed E-state index contributed by atoms with van der Waals surface area (Å²) in [5.74, 6) is -0.938. The number of ether oxygens (including phenoxy) is 1. The highest BCUT2D eigenvalue weighted by molar-refractivity contribution is 6.34. The van der Waals surface area contributed by atoms with Crippen LogP contribution in [0.5, 0.6) is 0 Å².